The maximum atomic E-state index is 13.6. The van der Waals surface area contributed by atoms with Gasteiger partial charge in [-0.2, -0.15) is 0 Å². The van der Waals surface area contributed by atoms with Crippen LogP contribution in [0.2, 0.25) is 10.0 Å². The first-order valence-corrected chi connectivity index (χ1v) is 12.3. The number of rotatable bonds is 5. The van der Waals surface area contributed by atoms with E-state index in [0.717, 1.165) is 41.7 Å². The van der Waals surface area contributed by atoms with Crippen LogP contribution in [-0.2, 0) is 25.8 Å². The van der Waals surface area contributed by atoms with Crippen molar-refractivity contribution in [2.45, 2.75) is 39.2 Å². The first kappa shape index (κ1) is 22.1. The van der Waals surface area contributed by atoms with Crippen molar-refractivity contribution in [1.82, 2.24) is 9.13 Å². The number of ketones is 1. The molecule has 0 N–H and O–H groups in total. The number of carbonyl (C=O) groups is 1. The highest BCUT2D eigenvalue weighted by atomic mass is 35.5. The summed E-state index contributed by atoms with van der Waals surface area (Å²) in [6, 6.07) is 12.0. The minimum absolute atomic E-state index is 0.194. The Hall–Kier alpha value is -2.67. The van der Waals surface area contributed by atoms with Crippen LogP contribution < -0.4 is 11.2 Å². The molecule has 5 rings (SSSR count). The maximum Gasteiger partial charge on any atom is 0.337 e. The van der Waals surface area contributed by atoms with Gasteiger partial charge in [-0.1, -0.05) is 42.3 Å². The van der Waals surface area contributed by atoms with Crippen LogP contribution >= 0.6 is 34.5 Å². The molecule has 2 aromatic carbocycles. The summed E-state index contributed by atoms with van der Waals surface area (Å²) in [5.74, 6) is -0.281. The van der Waals surface area contributed by atoms with Crippen LogP contribution in [0.25, 0.3) is 15.9 Å². The lowest BCUT2D eigenvalue weighted by molar-refractivity contribution is 0.0972. The van der Waals surface area contributed by atoms with E-state index >= 15 is 0 Å². The zero-order valence-electron chi connectivity index (χ0n) is 17.9. The molecular weight excluding hydrogens is 479 g/mol. The van der Waals surface area contributed by atoms with E-state index in [-0.39, 0.29) is 22.9 Å². The molecule has 0 bridgehead atoms. The van der Waals surface area contributed by atoms with Gasteiger partial charge in [-0.05, 0) is 67.1 Å². The van der Waals surface area contributed by atoms with Crippen molar-refractivity contribution in [3.8, 4) is 5.69 Å². The number of hydrogen-bond acceptors (Lipinski definition) is 4. The average Bonchev–Trinajstić information content (AvgIpc) is 3.40. The van der Waals surface area contributed by atoms with E-state index in [2.05, 4.69) is 0 Å². The van der Waals surface area contributed by atoms with Crippen molar-refractivity contribution in [3.63, 3.8) is 0 Å². The van der Waals surface area contributed by atoms with E-state index in [1.807, 2.05) is 19.1 Å². The fourth-order valence-corrected chi connectivity index (χ4v) is 6.03. The summed E-state index contributed by atoms with van der Waals surface area (Å²) in [6.07, 6.45) is 3.53. The van der Waals surface area contributed by atoms with Crippen molar-refractivity contribution in [2.24, 2.45) is 0 Å². The van der Waals surface area contributed by atoms with Crippen molar-refractivity contribution in [2.75, 3.05) is 0 Å². The standard InChI is InChI=1S/C25H20Cl2N2O3S/c1-2-14-6-9-16(10-7-14)29-23(31)22-17-4-3-5-21(17)33-24(22)28(25(29)32)13-20(30)15-8-11-18(26)19(27)12-15/h6-12H,2-5,13H2,1H3. The third-order valence-electron chi connectivity index (χ3n) is 6.13. The molecule has 0 amide bonds. The highest BCUT2D eigenvalue weighted by Crippen LogP contribution is 2.35. The predicted octanol–water partition coefficient (Wildman–Crippen LogP) is 5.45. The second-order valence-electron chi connectivity index (χ2n) is 8.12. The van der Waals surface area contributed by atoms with E-state index in [0.29, 0.717) is 26.5 Å². The molecule has 8 heteroatoms. The quantitative estimate of drug-likeness (QED) is 0.343. The largest absolute Gasteiger partial charge is 0.337 e. The van der Waals surface area contributed by atoms with Gasteiger partial charge in [0.1, 0.15) is 4.83 Å². The van der Waals surface area contributed by atoms with E-state index in [4.69, 9.17) is 23.2 Å². The molecule has 0 radical (unpaired) electrons. The summed E-state index contributed by atoms with van der Waals surface area (Å²) in [6.45, 7) is 1.85. The third-order valence-corrected chi connectivity index (χ3v) is 8.19. The topological polar surface area (TPSA) is 61.1 Å². The number of hydrogen-bond donors (Lipinski definition) is 0. The smallest absolute Gasteiger partial charge is 0.292 e. The zero-order chi connectivity index (χ0) is 23.3. The Bertz CT molecular complexity index is 1530. The van der Waals surface area contributed by atoms with Crippen LogP contribution in [0.1, 0.15) is 39.7 Å². The van der Waals surface area contributed by atoms with Crippen LogP contribution in [0.15, 0.2) is 52.1 Å². The van der Waals surface area contributed by atoms with E-state index in [9.17, 15) is 14.4 Å². The number of benzene rings is 2. The van der Waals surface area contributed by atoms with E-state index in [1.165, 1.54) is 26.5 Å². The van der Waals surface area contributed by atoms with Crippen LogP contribution in [0.4, 0.5) is 0 Å². The van der Waals surface area contributed by atoms with Crippen molar-refractivity contribution in [3.05, 3.63) is 94.9 Å². The molecule has 1 aliphatic carbocycles. The molecule has 0 atom stereocenters. The molecule has 0 saturated carbocycles. The van der Waals surface area contributed by atoms with Gasteiger partial charge in [0, 0.05) is 10.4 Å². The summed E-state index contributed by atoms with van der Waals surface area (Å²) >= 11 is 13.5. The van der Waals surface area contributed by atoms with Gasteiger partial charge in [0.2, 0.25) is 0 Å². The SMILES string of the molecule is CCc1ccc(-n2c(=O)c3c4c(sc3n(CC(=O)c3ccc(Cl)c(Cl)c3)c2=O)CCC4)cc1. The minimum atomic E-state index is -0.523. The molecule has 2 heterocycles. The number of carbonyl (C=O) groups excluding carboxylic acids is 1. The third kappa shape index (κ3) is 3.76. The molecule has 0 spiro atoms. The Morgan fingerprint density at radius 3 is 2.48 bits per heavy atom. The van der Waals surface area contributed by atoms with E-state index in [1.54, 1.807) is 24.3 Å². The van der Waals surface area contributed by atoms with Gasteiger partial charge in [-0.25, -0.2) is 9.36 Å². The molecule has 0 fully saturated rings. The predicted molar refractivity (Wildman–Crippen MR) is 134 cm³/mol. The molecule has 168 valence electrons. The summed E-state index contributed by atoms with van der Waals surface area (Å²) < 4.78 is 2.62. The normalized spacial score (nSPS) is 12.9. The van der Waals surface area contributed by atoms with Gasteiger partial charge >= 0.3 is 5.69 Å². The van der Waals surface area contributed by atoms with Crippen molar-refractivity contribution >= 4 is 50.5 Å². The van der Waals surface area contributed by atoms with Crippen LogP contribution in [-0.4, -0.2) is 14.9 Å². The monoisotopic (exact) mass is 498 g/mol. The number of aryl methyl sites for hydroxylation is 3. The molecule has 0 aliphatic heterocycles. The van der Waals surface area contributed by atoms with Gasteiger partial charge in [0.15, 0.2) is 5.78 Å². The number of aromatic nitrogens is 2. The highest BCUT2D eigenvalue weighted by molar-refractivity contribution is 7.19. The number of Topliss-reactive ketones (excluding diaryl/α,β-unsaturated/α-hetero) is 1. The van der Waals surface area contributed by atoms with Gasteiger partial charge in [0.25, 0.3) is 5.56 Å². The lowest BCUT2D eigenvalue weighted by Crippen LogP contribution is -2.39. The van der Waals surface area contributed by atoms with Gasteiger partial charge in [-0.15, -0.1) is 11.3 Å². The fraction of sp³-hybridized carbons (Fsp3) is 0.240. The fourth-order valence-electron chi connectivity index (χ4n) is 4.36. The maximum absolute atomic E-state index is 13.6. The summed E-state index contributed by atoms with van der Waals surface area (Å²) in [4.78, 5) is 42.0. The van der Waals surface area contributed by atoms with Gasteiger partial charge < -0.3 is 0 Å². The second-order valence-corrected chi connectivity index (χ2v) is 10.0. The van der Waals surface area contributed by atoms with Crippen LogP contribution in [0.5, 0.6) is 0 Å². The lowest BCUT2D eigenvalue weighted by Gasteiger charge is -2.13. The second kappa shape index (κ2) is 8.60. The minimum Gasteiger partial charge on any atom is -0.292 e. The highest BCUT2D eigenvalue weighted by Gasteiger charge is 2.26. The average molecular weight is 499 g/mol. The lowest BCUT2D eigenvalue weighted by atomic mass is 10.1. The van der Waals surface area contributed by atoms with E-state index < -0.39 is 5.69 Å². The van der Waals surface area contributed by atoms with Gasteiger partial charge in [0.05, 0.1) is 27.7 Å². The van der Waals surface area contributed by atoms with Crippen molar-refractivity contribution < 1.29 is 4.79 Å². The Kier molecular flexibility index (Phi) is 5.77. The summed E-state index contributed by atoms with van der Waals surface area (Å²) in [7, 11) is 0. The summed E-state index contributed by atoms with van der Waals surface area (Å²) in [5, 5.41) is 1.18. The molecule has 33 heavy (non-hydrogen) atoms. The number of halogens is 2. The van der Waals surface area contributed by atoms with Crippen LogP contribution in [0.3, 0.4) is 0 Å². The molecule has 0 unspecified atom stereocenters. The Balaban J connectivity index is 1.72. The van der Waals surface area contributed by atoms with Gasteiger partial charge in [-0.3, -0.25) is 14.2 Å². The van der Waals surface area contributed by atoms with Crippen LogP contribution in [0, 0.1) is 0 Å². The molecule has 0 saturated heterocycles. The first-order chi connectivity index (χ1) is 15.9. The Morgan fingerprint density at radius 1 is 1.03 bits per heavy atom. The summed E-state index contributed by atoms with van der Waals surface area (Å²) in [5.41, 5.74) is 2.13. The molecule has 2 aromatic heterocycles. The number of thiophene rings is 1. The molecule has 4 aromatic rings. The van der Waals surface area contributed by atoms with Crippen molar-refractivity contribution in [1.29, 1.82) is 0 Å². The zero-order valence-corrected chi connectivity index (χ0v) is 20.2. The Morgan fingerprint density at radius 2 is 1.79 bits per heavy atom. The molecule has 5 nitrogen and oxygen atoms in total. The molecular formula is C25H20Cl2N2O3S. The number of nitrogens with zero attached hydrogens (tertiary/aromatic N) is 2. The first-order valence-electron chi connectivity index (χ1n) is 10.8. The Labute approximate surface area is 203 Å². The molecule has 1 aliphatic rings. The number of fused-ring (bicyclic) bond motifs is 3.